The van der Waals surface area contributed by atoms with Gasteiger partial charge in [0.25, 0.3) is 0 Å². The lowest BCUT2D eigenvalue weighted by molar-refractivity contribution is -0.161. The number of aliphatic hydroxyl groups excluding tert-OH is 1. The molecule has 0 aromatic rings. The molecule has 0 saturated carbocycles. The summed E-state index contributed by atoms with van der Waals surface area (Å²) < 4.78 is 68.8. The van der Waals surface area contributed by atoms with Gasteiger partial charge in [-0.15, -0.1) is 0 Å². The van der Waals surface area contributed by atoms with Crippen LogP contribution >= 0.6 is 15.6 Å². The van der Waals surface area contributed by atoms with E-state index in [4.69, 9.17) is 37.0 Å². The molecular formula is C83H162O17P2. The largest absolute Gasteiger partial charge is 0.472 e. The van der Waals surface area contributed by atoms with Crippen LogP contribution in [-0.4, -0.2) is 96.7 Å². The standard InChI is InChI=1S/C83H162O17P2/c1-6-9-12-15-18-21-24-26-28-29-30-35-38-42-47-52-57-62-67-81(86)94-73-79(100-83(88)69-64-59-54-49-44-40-36-32-31-34-37-41-45-50-55-60-65-76(4)5)75-98-102(91,92)96-71-77(84)70-95-101(89,90)97-74-78(72-93-80(85)66-61-56-51-46-23-20-17-14-11-8-3)99-82(87)68-63-58-53-48-43-39-33-27-25-22-19-16-13-10-7-2/h76-79,84H,6-75H2,1-5H3,(H,89,90)(H,91,92)/t77-,78+,79+/m0/s1. The van der Waals surface area contributed by atoms with Crippen molar-refractivity contribution in [2.45, 2.75) is 464 Å². The van der Waals surface area contributed by atoms with Crippen molar-refractivity contribution in [3.63, 3.8) is 0 Å². The van der Waals surface area contributed by atoms with Gasteiger partial charge in [0, 0.05) is 25.7 Å². The summed E-state index contributed by atoms with van der Waals surface area (Å²) in [5.41, 5.74) is 0. The second-order valence-electron chi connectivity index (χ2n) is 30.3. The summed E-state index contributed by atoms with van der Waals surface area (Å²) in [4.78, 5) is 73.1. The van der Waals surface area contributed by atoms with E-state index in [0.29, 0.717) is 25.7 Å². The Hall–Kier alpha value is -1.94. The zero-order valence-electron chi connectivity index (χ0n) is 66.8. The number of hydrogen-bond acceptors (Lipinski definition) is 15. The van der Waals surface area contributed by atoms with Crippen LogP contribution in [0.3, 0.4) is 0 Å². The van der Waals surface area contributed by atoms with E-state index in [0.717, 1.165) is 95.8 Å². The van der Waals surface area contributed by atoms with Crippen LogP contribution in [0.5, 0.6) is 0 Å². The van der Waals surface area contributed by atoms with Gasteiger partial charge in [-0.2, -0.15) is 0 Å². The van der Waals surface area contributed by atoms with Crippen molar-refractivity contribution in [3.05, 3.63) is 0 Å². The van der Waals surface area contributed by atoms with E-state index < -0.39 is 97.5 Å². The number of carbonyl (C=O) groups is 4. The summed E-state index contributed by atoms with van der Waals surface area (Å²) in [6, 6.07) is 0. The smallest absolute Gasteiger partial charge is 0.462 e. The summed E-state index contributed by atoms with van der Waals surface area (Å²) in [5, 5.41) is 10.7. The topological polar surface area (TPSA) is 237 Å². The van der Waals surface area contributed by atoms with Crippen LogP contribution in [0.4, 0.5) is 0 Å². The highest BCUT2D eigenvalue weighted by Crippen LogP contribution is 2.45. The van der Waals surface area contributed by atoms with E-state index in [1.165, 1.54) is 270 Å². The number of ether oxygens (including phenoxy) is 4. The molecule has 102 heavy (non-hydrogen) atoms. The lowest BCUT2D eigenvalue weighted by Gasteiger charge is -2.21. The first-order valence-corrected chi connectivity index (χ1v) is 46.1. The van der Waals surface area contributed by atoms with Gasteiger partial charge in [-0.05, 0) is 31.6 Å². The molecule has 5 atom stereocenters. The number of aliphatic hydroxyl groups is 1. The maximum absolute atomic E-state index is 13.1. The molecule has 606 valence electrons. The number of esters is 4. The molecular weight excluding hydrogens is 1330 g/mol. The van der Waals surface area contributed by atoms with E-state index in [2.05, 4.69) is 34.6 Å². The molecule has 0 aromatic carbocycles. The lowest BCUT2D eigenvalue weighted by Crippen LogP contribution is -2.30. The van der Waals surface area contributed by atoms with Crippen LogP contribution in [0.25, 0.3) is 0 Å². The SMILES string of the molecule is CCCCCCCCCCCCCCCCCCCCC(=O)OC[C@H](COP(=O)(O)OC[C@@H](O)COP(=O)(O)OC[C@@H](COC(=O)CCCCCCCCCCCC)OC(=O)CCCCCCCCCCCCCCCCC)OC(=O)CCCCCCCCCCCCCCCCCCC(C)C. The molecule has 0 rings (SSSR count). The van der Waals surface area contributed by atoms with E-state index in [1.807, 2.05) is 0 Å². The van der Waals surface area contributed by atoms with Gasteiger partial charge >= 0.3 is 39.5 Å². The highest BCUT2D eigenvalue weighted by molar-refractivity contribution is 7.47. The highest BCUT2D eigenvalue weighted by Gasteiger charge is 2.30. The third kappa shape index (κ3) is 76.3. The fraction of sp³-hybridized carbons (Fsp3) is 0.952. The first-order valence-electron chi connectivity index (χ1n) is 43.1. The van der Waals surface area contributed by atoms with E-state index in [1.54, 1.807) is 0 Å². The first-order chi connectivity index (χ1) is 49.5. The number of hydrogen-bond donors (Lipinski definition) is 3. The Morgan fingerprint density at radius 1 is 0.265 bits per heavy atom. The van der Waals surface area contributed by atoms with E-state index >= 15 is 0 Å². The predicted molar refractivity (Wildman–Crippen MR) is 418 cm³/mol. The molecule has 17 nitrogen and oxygen atoms in total. The molecule has 0 radical (unpaired) electrons. The van der Waals surface area contributed by atoms with Gasteiger partial charge in [0.05, 0.1) is 26.4 Å². The van der Waals surface area contributed by atoms with Gasteiger partial charge in [-0.3, -0.25) is 37.3 Å². The summed E-state index contributed by atoms with van der Waals surface area (Å²) in [6.45, 7) is 7.37. The minimum absolute atomic E-state index is 0.109. The third-order valence-electron chi connectivity index (χ3n) is 19.5. The molecule has 0 spiro atoms. The van der Waals surface area contributed by atoms with Crippen molar-refractivity contribution < 1.29 is 80.2 Å². The summed E-state index contributed by atoms with van der Waals surface area (Å²) in [7, 11) is -9.92. The van der Waals surface area contributed by atoms with Gasteiger partial charge in [0.2, 0.25) is 0 Å². The van der Waals surface area contributed by atoms with Crippen LogP contribution in [0.1, 0.15) is 446 Å². The van der Waals surface area contributed by atoms with Crippen LogP contribution in [0.2, 0.25) is 0 Å². The van der Waals surface area contributed by atoms with Crippen molar-refractivity contribution in [2.75, 3.05) is 39.6 Å². The molecule has 0 bridgehead atoms. The second kappa shape index (κ2) is 75.9. The Morgan fingerprint density at radius 3 is 0.667 bits per heavy atom. The van der Waals surface area contributed by atoms with Crippen molar-refractivity contribution in [2.24, 2.45) is 5.92 Å². The third-order valence-corrected chi connectivity index (χ3v) is 21.4. The molecule has 0 aliphatic heterocycles. The molecule has 0 fully saturated rings. The summed E-state index contributed by atoms with van der Waals surface area (Å²) in [5.74, 6) is -1.29. The second-order valence-corrected chi connectivity index (χ2v) is 33.3. The molecule has 0 amide bonds. The van der Waals surface area contributed by atoms with Crippen molar-refractivity contribution in [1.29, 1.82) is 0 Å². The maximum atomic E-state index is 13.1. The quantitative estimate of drug-likeness (QED) is 0.0222. The van der Waals surface area contributed by atoms with Crippen LogP contribution in [0, 0.1) is 5.92 Å². The number of phosphoric ester groups is 2. The van der Waals surface area contributed by atoms with Crippen LogP contribution in [-0.2, 0) is 65.4 Å². The highest BCUT2D eigenvalue weighted by atomic mass is 31.2. The Labute approximate surface area is 626 Å². The lowest BCUT2D eigenvalue weighted by atomic mass is 10.0. The average molecular weight is 1490 g/mol. The fourth-order valence-corrected chi connectivity index (χ4v) is 14.5. The van der Waals surface area contributed by atoms with Crippen molar-refractivity contribution in [3.8, 4) is 0 Å². The fourth-order valence-electron chi connectivity index (χ4n) is 12.9. The molecule has 0 aliphatic rings. The molecule has 0 saturated heterocycles. The minimum Gasteiger partial charge on any atom is -0.462 e. The molecule has 0 heterocycles. The molecule has 0 aromatic heterocycles. The number of unbranched alkanes of at least 4 members (excludes halogenated alkanes) is 55. The predicted octanol–water partition coefficient (Wildman–Crippen LogP) is 25.2. The van der Waals surface area contributed by atoms with Gasteiger partial charge < -0.3 is 33.8 Å². The summed E-state index contributed by atoms with van der Waals surface area (Å²) >= 11 is 0. The Kier molecular flexibility index (Phi) is 74.4. The first kappa shape index (κ1) is 100. The maximum Gasteiger partial charge on any atom is 0.472 e. The van der Waals surface area contributed by atoms with Crippen LogP contribution < -0.4 is 0 Å². The van der Waals surface area contributed by atoms with Gasteiger partial charge in [-0.25, -0.2) is 9.13 Å². The number of carbonyl (C=O) groups excluding carboxylic acids is 4. The van der Waals surface area contributed by atoms with Gasteiger partial charge in [0.1, 0.15) is 19.3 Å². The number of phosphoric acid groups is 2. The number of rotatable bonds is 83. The van der Waals surface area contributed by atoms with Gasteiger partial charge in [-0.1, -0.05) is 394 Å². The van der Waals surface area contributed by atoms with E-state index in [-0.39, 0.29) is 25.7 Å². The summed E-state index contributed by atoms with van der Waals surface area (Å²) in [6.07, 6.45) is 67.9. The molecule has 3 N–H and O–H groups in total. The molecule has 2 unspecified atom stereocenters. The minimum atomic E-state index is -4.96. The Balaban J connectivity index is 5.23. The zero-order chi connectivity index (χ0) is 74.8. The average Bonchev–Trinajstić information content (AvgIpc) is 0.943. The van der Waals surface area contributed by atoms with Gasteiger partial charge in [0.15, 0.2) is 12.2 Å². The zero-order valence-corrected chi connectivity index (χ0v) is 68.5. The Morgan fingerprint density at radius 2 is 0.451 bits per heavy atom. The van der Waals surface area contributed by atoms with Crippen molar-refractivity contribution in [1.82, 2.24) is 0 Å². The monoisotopic (exact) mass is 1490 g/mol. The Bertz CT molecular complexity index is 1940. The van der Waals surface area contributed by atoms with Crippen LogP contribution in [0.15, 0.2) is 0 Å². The van der Waals surface area contributed by atoms with Crippen molar-refractivity contribution >= 4 is 39.5 Å². The van der Waals surface area contributed by atoms with E-state index in [9.17, 15) is 43.2 Å². The normalized spacial score (nSPS) is 13.8. The molecule has 0 aliphatic carbocycles. The molecule has 19 heteroatoms.